The predicted molar refractivity (Wildman–Crippen MR) is 174 cm³/mol. The zero-order valence-corrected chi connectivity index (χ0v) is 29.1. The van der Waals surface area contributed by atoms with E-state index in [4.69, 9.17) is 19.7 Å². The molecule has 0 unspecified atom stereocenters. The first-order valence-electron chi connectivity index (χ1n) is 17.9. The number of esters is 2. The van der Waals surface area contributed by atoms with E-state index < -0.39 is 23.9 Å². The van der Waals surface area contributed by atoms with Crippen LogP contribution in [0.3, 0.4) is 0 Å². The molecule has 8 nitrogen and oxygen atoms in total. The molecule has 46 heavy (non-hydrogen) atoms. The first kappa shape index (κ1) is 34.9. The monoisotopic (exact) mass is 642 g/mol. The van der Waals surface area contributed by atoms with Gasteiger partial charge < -0.3 is 19.7 Å². The molecule has 258 valence electrons. The maximum Gasteiger partial charge on any atom is 0.306 e. The minimum atomic E-state index is -0.980. The van der Waals surface area contributed by atoms with Crippen LogP contribution in [0.4, 0.5) is 0 Å². The summed E-state index contributed by atoms with van der Waals surface area (Å²) in [7, 11) is 0. The minimum Gasteiger partial charge on any atom is -0.481 e. The largest absolute Gasteiger partial charge is 0.481 e. The zero-order chi connectivity index (χ0) is 33.9. The second-order valence-corrected chi connectivity index (χ2v) is 17.3. The third kappa shape index (κ3) is 5.61. The van der Waals surface area contributed by atoms with Gasteiger partial charge in [0.25, 0.3) is 0 Å². The average Bonchev–Trinajstić information content (AvgIpc) is 3.36. The van der Waals surface area contributed by atoms with Gasteiger partial charge in [0, 0.05) is 10.8 Å². The lowest BCUT2D eigenvalue weighted by molar-refractivity contribution is -0.252. The average molecular weight is 643 g/mol. The van der Waals surface area contributed by atoms with E-state index in [1.807, 2.05) is 0 Å². The van der Waals surface area contributed by atoms with Crippen molar-refractivity contribution < 1.29 is 38.9 Å². The Bertz CT molecular complexity index is 1250. The summed E-state index contributed by atoms with van der Waals surface area (Å²) in [4.78, 5) is 47.3. The standard InChI is InChI=1S/C38H58O8/c1-23(2)24-14-19-38(22-45-31(43)12-10-29(39)40)21-20-36(6)25(33(24)38)8-9-27-35(5)17-16-28(46-32(44)13-11-30(41)42)34(3,4)26(35)15-18-37(27,36)7/h24-28,33H,1,8-22H2,2-7H3,(H,39,40)(H,41,42)/t24-,25+,26+,27-,28-,33+,35-,36+,37-,38-/m0/s1. The summed E-state index contributed by atoms with van der Waals surface area (Å²) >= 11 is 0. The Labute approximate surface area is 275 Å². The molecule has 0 spiro atoms. The Morgan fingerprint density at radius 1 is 0.717 bits per heavy atom. The van der Waals surface area contributed by atoms with Crippen LogP contribution in [0, 0.1) is 56.7 Å². The molecule has 5 aliphatic carbocycles. The summed E-state index contributed by atoms with van der Waals surface area (Å²) in [6.45, 7) is 19.2. The molecule has 0 bridgehead atoms. The van der Waals surface area contributed by atoms with Crippen molar-refractivity contribution in [3.05, 3.63) is 12.2 Å². The highest BCUT2D eigenvalue weighted by molar-refractivity contribution is 5.77. The number of carboxylic acids is 2. The molecule has 0 radical (unpaired) electrons. The van der Waals surface area contributed by atoms with Crippen molar-refractivity contribution in [1.29, 1.82) is 0 Å². The maximum absolute atomic E-state index is 12.6. The third-order valence-corrected chi connectivity index (χ3v) is 15.1. The number of aliphatic carboxylic acids is 2. The molecule has 0 aromatic carbocycles. The van der Waals surface area contributed by atoms with Crippen molar-refractivity contribution in [3.8, 4) is 0 Å². The van der Waals surface area contributed by atoms with E-state index in [0.29, 0.717) is 36.2 Å². The van der Waals surface area contributed by atoms with Crippen molar-refractivity contribution >= 4 is 23.9 Å². The Morgan fingerprint density at radius 2 is 1.37 bits per heavy atom. The lowest BCUT2D eigenvalue weighted by Gasteiger charge is -2.73. The van der Waals surface area contributed by atoms with Crippen LogP contribution in [0.5, 0.6) is 0 Å². The molecule has 2 N–H and O–H groups in total. The normalized spacial score (nSPS) is 42.4. The van der Waals surface area contributed by atoms with E-state index in [-0.39, 0.29) is 58.9 Å². The van der Waals surface area contributed by atoms with Gasteiger partial charge in [-0.05, 0) is 117 Å². The molecule has 0 saturated heterocycles. The summed E-state index contributed by atoms with van der Waals surface area (Å²) in [5.74, 6) is -0.505. The van der Waals surface area contributed by atoms with Crippen LogP contribution in [0.15, 0.2) is 12.2 Å². The molecule has 0 aromatic rings. The van der Waals surface area contributed by atoms with Crippen LogP contribution in [-0.4, -0.2) is 46.8 Å². The van der Waals surface area contributed by atoms with Gasteiger partial charge in [-0.2, -0.15) is 0 Å². The molecule has 5 aliphatic rings. The topological polar surface area (TPSA) is 127 Å². The number of hydrogen-bond donors (Lipinski definition) is 2. The Kier molecular flexibility index (Phi) is 9.31. The highest BCUT2D eigenvalue weighted by Crippen LogP contribution is 2.77. The van der Waals surface area contributed by atoms with E-state index in [9.17, 15) is 19.2 Å². The fourth-order valence-electron chi connectivity index (χ4n) is 12.7. The quantitative estimate of drug-likeness (QED) is 0.182. The van der Waals surface area contributed by atoms with Gasteiger partial charge in [-0.1, -0.05) is 46.8 Å². The number of rotatable bonds is 10. The van der Waals surface area contributed by atoms with Crippen molar-refractivity contribution in [2.75, 3.05) is 6.61 Å². The van der Waals surface area contributed by atoms with Crippen LogP contribution < -0.4 is 0 Å². The highest BCUT2D eigenvalue weighted by atomic mass is 16.5. The van der Waals surface area contributed by atoms with Crippen molar-refractivity contribution in [1.82, 2.24) is 0 Å². The van der Waals surface area contributed by atoms with Gasteiger partial charge in [0.05, 0.1) is 32.3 Å². The summed E-state index contributed by atoms with van der Waals surface area (Å²) < 4.78 is 11.9. The predicted octanol–water partition coefficient (Wildman–Crippen LogP) is 7.83. The maximum atomic E-state index is 12.6. The second-order valence-electron chi connectivity index (χ2n) is 17.3. The van der Waals surface area contributed by atoms with E-state index in [2.05, 4.69) is 48.1 Å². The smallest absolute Gasteiger partial charge is 0.306 e. The van der Waals surface area contributed by atoms with Crippen molar-refractivity contribution in [2.45, 2.75) is 138 Å². The third-order valence-electron chi connectivity index (χ3n) is 15.1. The first-order valence-corrected chi connectivity index (χ1v) is 17.9. The molecule has 5 saturated carbocycles. The molecule has 8 heteroatoms. The summed E-state index contributed by atoms with van der Waals surface area (Å²) in [5.41, 5.74) is 1.35. The lowest BCUT2D eigenvalue weighted by atomic mass is 9.32. The van der Waals surface area contributed by atoms with Crippen molar-refractivity contribution in [3.63, 3.8) is 0 Å². The van der Waals surface area contributed by atoms with E-state index in [1.165, 1.54) is 5.57 Å². The van der Waals surface area contributed by atoms with Gasteiger partial charge in [-0.3, -0.25) is 19.2 Å². The number of hydrogen-bond acceptors (Lipinski definition) is 6. The Hall–Kier alpha value is -2.38. The van der Waals surface area contributed by atoms with Crippen LogP contribution in [0.1, 0.15) is 131 Å². The molecule has 0 aromatic heterocycles. The van der Waals surface area contributed by atoms with Gasteiger partial charge in [0.2, 0.25) is 0 Å². The fourth-order valence-corrected chi connectivity index (χ4v) is 12.7. The number of carbonyl (C=O) groups excluding carboxylic acids is 2. The molecule has 0 heterocycles. The minimum absolute atomic E-state index is 0.0818. The Morgan fingerprint density at radius 3 is 2.00 bits per heavy atom. The number of carbonyl (C=O) groups is 4. The van der Waals surface area contributed by atoms with Gasteiger partial charge >= 0.3 is 23.9 Å². The summed E-state index contributed by atoms with van der Waals surface area (Å²) in [6, 6.07) is 0. The first-order chi connectivity index (χ1) is 21.4. The molecule has 10 atom stereocenters. The van der Waals surface area contributed by atoms with Crippen LogP contribution in [-0.2, 0) is 28.7 Å². The Balaban J connectivity index is 1.38. The fraction of sp³-hybridized carbons (Fsp3) is 0.842. The van der Waals surface area contributed by atoms with Crippen LogP contribution in [0.2, 0.25) is 0 Å². The molecule has 0 aliphatic heterocycles. The summed E-state index contributed by atoms with van der Waals surface area (Å²) in [6.07, 6.45) is 9.79. The number of fused-ring (bicyclic) bond motifs is 7. The number of ether oxygens (including phenoxy) is 2. The van der Waals surface area contributed by atoms with E-state index >= 15 is 0 Å². The van der Waals surface area contributed by atoms with E-state index in [0.717, 1.165) is 64.2 Å². The lowest BCUT2D eigenvalue weighted by Crippen LogP contribution is -2.67. The zero-order valence-electron chi connectivity index (χ0n) is 29.1. The van der Waals surface area contributed by atoms with Gasteiger partial charge in [-0.15, -0.1) is 0 Å². The SMILES string of the molecule is C=C(C)[C@@H]1CC[C@@]2(COC(=O)CCC(=O)O)CC[C@]3(C)[C@H](CC[C@H]4[C@@]5(C)CC[C@H](OC(=O)CCC(=O)O)C(C)(C)[C@H]5CC[C@@]43C)[C@@H]12. The van der Waals surface area contributed by atoms with Crippen molar-refractivity contribution in [2.24, 2.45) is 56.7 Å². The molecule has 5 fully saturated rings. The van der Waals surface area contributed by atoms with Gasteiger partial charge in [0.15, 0.2) is 0 Å². The molecular weight excluding hydrogens is 584 g/mol. The second kappa shape index (κ2) is 12.3. The van der Waals surface area contributed by atoms with E-state index in [1.54, 1.807) is 0 Å². The molecule has 0 amide bonds. The van der Waals surface area contributed by atoms with Gasteiger partial charge in [0.1, 0.15) is 6.10 Å². The van der Waals surface area contributed by atoms with Gasteiger partial charge in [-0.25, -0.2) is 0 Å². The molecular formula is C38H58O8. The molecule has 5 rings (SSSR count). The number of allylic oxidation sites excluding steroid dienone is 1. The highest BCUT2D eigenvalue weighted by Gasteiger charge is 2.71. The number of carboxylic acid groups (broad SMARTS) is 2. The van der Waals surface area contributed by atoms with Crippen LogP contribution in [0.25, 0.3) is 0 Å². The summed E-state index contributed by atoms with van der Waals surface area (Å²) in [5, 5.41) is 18.1. The van der Waals surface area contributed by atoms with Crippen LogP contribution >= 0.6 is 0 Å².